The summed E-state index contributed by atoms with van der Waals surface area (Å²) < 4.78 is 0. The van der Waals surface area contributed by atoms with Crippen molar-refractivity contribution in [3.63, 3.8) is 0 Å². The van der Waals surface area contributed by atoms with Gasteiger partial charge in [-0.05, 0) is 17.7 Å². The molecule has 5 N–H and O–H groups in total. The van der Waals surface area contributed by atoms with Gasteiger partial charge in [0.25, 0.3) is 0 Å². The summed E-state index contributed by atoms with van der Waals surface area (Å²) in [4.78, 5) is 21.5. The van der Waals surface area contributed by atoms with E-state index in [0.717, 1.165) is 0 Å². The lowest BCUT2D eigenvalue weighted by Crippen LogP contribution is -2.45. The van der Waals surface area contributed by atoms with Crippen molar-refractivity contribution in [2.45, 2.75) is 12.5 Å². The van der Waals surface area contributed by atoms with E-state index >= 15 is 0 Å². The summed E-state index contributed by atoms with van der Waals surface area (Å²) in [5.74, 6) is -0.808. The smallest absolute Gasteiger partial charge is 0.405 e. The van der Waals surface area contributed by atoms with Crippen LogP contribution in [0, 0.1) is 0 Å². The first-order valence-electron chi connectivity index (χ1n) is 4.66. The molecule has 0 heterocycles. The number of primary amides is 1. The molecule has 0 aromatic heterocycles. The van der Waals surface area contributed by atoms with Crippen molar-refractivity contribution < 1.29 is 19.8 Å². The van der Waals surface area contributed by atoms with Crippen LogP contribution in [0.1, 0.15) is 5.56 Å². The molecular formula is C10H11ClN2O4. The van der Waals surface area contributed by atoms with E-state index in [1.807, 2.05) is 5.32 Å². The average molecular weight is 259 g/mol. The molecule has 7 heteroatoms. The molecule has 0 spiro atoms. The number of carbonyl (C=O) groups excluding carboxylic acids is 1. The predicted molar refractivity (Wildman–Crippen MR) is 61.0 cm³/mol. The Bertz CT molecular complexity index is 450. The first-order valence-corrected chi connectivity index (χ1v) is 5.04. The van der Waals surface area contributed by atoms with Crippen LogP contribution in [0.4, 0.5) is 4.79 Å². The number of nitrogens with one attached hydrogen (secondary N) is 1. The number of halogens is 1. The Morgan fingerprint density at radius 3 is 2.59 bits per heavy atom. The Hall–Kier alpha value is -1.95. The molecule has 1 aromatic carbocycles. The molecule has 1 aromatic rings. The highest BCUT2D eigenvalue weighted by Gasteiger charge is 2.19. The molecule has 0 saturated carbocycles. The van der Waals surface area contributed by atoms with Gasteiger partial charge < -0.3 is 21.3 Å². The number of phenolic OH excluding ortho intramolecular Hbond substituents is 1. The molecule has 0 bridgehead atoms. The first kappa shape index (κ1) is 13.1. The molecule has 92 valence electrons. The summed E-state index contributed by atoms with van der Waals surface area (Å²) in [6.45, 7) is 0. The second kappa shape index (κ2) is 5.40. The summed E-state index contributed by atoms with van der Waals surface area (Å²) >= 11 is 5.83. The van der Waals surface area contributed by atoms with Gasteiger partial charge in [-0.15, -0.1) is 0 Å². The lowest BCUT2D eigenvalue weighted by molar-refractivity contribution is -0.119. The number of hydrogen-bond donors (Lipinski definition) is 4. The van der Waals surface area contributed by atoms with Crippen molar-refractivity contribution in [2.24, 2.45) is 5.73 Å². The molecule has 0 saturated heterocycles. The number of carbonyl (C=O) groups is 2. The molecule has 0 unspecified atom stereocenters. The van der Waals surface area contributed by atoms with Crippen LogP contribution < -0.4 is 11.1 Å². The van der Waals surface area contributed by atoms with Crippen LogP contribution in [0.2, 0.25) is 5.02 Å². The summed E-state index contributed by atoms with van der Waals surface area (Å²) in [6, 6.07) is 3.13. The quantitative estimate of drug-likeness (QED) is 0.637. The van der Waals surface area contributed by atoms with Crippen LogP contribution in [-0.4, -0.2) is 28.3 Å². The van der Waals surface area contributed by atoms with E-state index in [0.29, 0.717) is 5.56 Å². The van der Waals surface area contributed by atoms with Gasteiger partial charge in [-0.25, -0.2) is 4.79 Å². The molecule has 1 atom stereocenters. The first-order chi connectivity index (χ1) is 7.90. The van der Waals surface area contributed by atoms with E-state index in [1.165, 1.54) is 18.2 Å². The topological polar surface area (TPSA) is 113 Å². The normalized spacial score (nSPS) is 11.8. The minimum absolute atomic E-state index is 0.0134. The third kappa shape index (κ3) is 3.84. The van der Waals surface area contributed by atoms with Crippen LogP contribution in [0.25, 0.3) is 0 Å². The number of hydrogen-bond acceptors (Lipinski definition) is 3. The van der Waals surface area contributed by atoms with E-state index < -0.39 is 18.0 Å². The second-order valence-corrected chi connectivity index (χ2v) is 3.79. The van der Waals surface area contributed by atoms with Crippen LogP contribution in [-0.2, 0) is 11.2 Å². The number of carboxylic acid groups (broad SMARTS) is 1. The van der Waals surface area contributed by atoms with Crippen LogP contribution in [0.15, 0.2) is 18.2 Å². The van der Waals surface area contributed by atoms with Gasteiger partial charge in [0, 0.05) is 11.4 Å². The number of amides is 2. The van der Waals surface area contributed by atoms with Gasteiger partial charge in [-0.2, -0.15) is 0 Å². The Balaban J connectivity index is 2.86. The minimum Gasteiger partial charge on any atom is -0.508 e. The third-order valence-electron chi connectivity index (χ3n) is 2.10. The van der Waals surface area contributed by atoms with E-state index in [1.54, 1.807) is 0 Å². The largest absolute Gasteiger partial charge is 0.508 e. The minimum atomic E-state index is -1.34. The molecule has 2 amide bonds. The van der Waals surface area contributed by atoms with E-state index in [-0.39, 0.29) is 17.2 Å². The van der Waals surface area contributed by atoms with Crippen molar-refractivity contribution in [1.29, 1.82) is 0 Å². The second-order valence-electron chi connectivity index (χ2n) is 3.38. The van der Waals surface area contributed by atoms with Gasteiger partial charge >= 0.3 is 6.09 Å². The molecule has 1 rings (SSSR count). The molecule has 0 radical (unpaired) electrons. The zero-order valence-electron chi connectivity index (χ0n) is 8.68. The highest BCUT2D eigenvalue weighted by Crippen LogP contribution is 2.22. The van der Waals surface area contributed by atoms with Gasteiger partial charge in [0.1, 0.15) is 11.8 Å². The number of nitrogens with two attached hydrogens (primary N) is 1. The van der Waals surface area contributed by atoms with E-state index in [2.05, 4.69) is 0 Å². The SMILES string of the molecule is NC(=O)[C@H](Cc1ccc(O)cc1Cl)NC(=O)O. The fourth-order valence-electron chi connectivity index (χ4n) is 1.29. The van der Waals surface area contributed by atoms with Crippen molar-refractivity contribution in [1.82, 2.24) is 5.32 Å². The van der Waals surface area contributed by atoms with Gasteiger partial charge in [0.2, 0.25) is 5.91 Å². The molecule has 0 aliphatic carbocycles. The van der Waals surface area contributed by atoms with E-state index in [4.69, 9.17) is 27.5 Å². The molecule has 6 nitrogen and oxygen atoms in total. The lowest BCUT2D eigenvalue weighted by atomic mass is 10.1. The maximum Gasteiger partial charge on any atom is 0.405 e. The Labute approximate surface area is 102 Å². The van der Waals surface area contributed by atoms with Crippen LogP contribution >= 0.6 is 11.6 Å². The van der Waals surface area contributed by atoms with Gasteiger partial charge in [-0.3, -0.25) is 4.79 Å². The zero-order chi connectivity index (χ0) is 13.0. The van der Waals surface area contributed by atoms with Crippen molar-refractivity contribution >= 4 is 23.6 Å². The van der Waals surface area contributed by atoms with Gasteiger partial charge in [0.05, 0.1) is 0 Å². The highest BCUT2D eigenvalue weighted by molar-refractivity contribution is 6.31. The molecule has 17 heavy (non-hydrogen) atoms. The number of phenols is 1. The standard InChI is InChI=1S/C10H11ClN2O4/c11-7-4-6(14)2-1-5(7)3-8(9(12)15)13-10(16)17/h1-2,4,8,13-14H,3H2,(H2,12,15)(H,16,17)/t8-/m0/s1. The number of benzene rings is 1. The molecular weight excluding hydrogens is 248 g/mol. The predicted octanol–water partition coefficient (Wildman–Crippen LogP) is 0.710. The zero-order valence-corrected chi connectivity index (χ0v) is 9.44. The number of aromatic hydroxyl groups is 1. The van der Waals surface area contributed by atoms with E-state index in [9.17, 15) is 9.59 Å². The van der Waals surface area contributed by atoms with Crippen LogP contribution in [0.5, 0.6) is 5.75 Å². The monoisotopic (exact) mass is 258 g/mol. The van der Waals surface area contributed by atoms with Crippen molar-refractivity contribution in [2.75, 3.05) is 0 Å². The van der Waals surface area contributed by atoms with Crippen LogP contribution in [0.3, 0.4) is 0 Å². The average Bonchev–Trinajstić information content (AvgIpc) is 2.19. The van der Waals surface area contributed by atoms with Gasteiger partial charge in [-0.1, -0.05) is 17.7 Å². The highest BCUT2D eigenvalue weighted by atomic mass is 35.5. The summed E-state index contributed by atoms with van der Waals surface area (Å²) in [5, 5.41) is 19.9. The third-order valence-corrected chi connectivity index (χ3v) is 2.45. The Morgan fingerprint density at radius 1 is 1.47 bits per heavy atom. The summed E-state index contributed by atoms with van der Waals surface area (Å²) in [7, 11) is 0. The van der Waals surface area contributed by atoms with Gasteiger partial charge in [0.15, 0.2) is 0 Å². The molecule has 0 aliphatic heterocycles. The number of rotatable bonds is 4. The fraction of sp³-hybridized carbons (Fsp3) is 0.200. The molecule has 0 aliphatic rings. The summed E-state index contributed by atoms with van der Waals surface area (Å²) in [5.41, 5.74) is 5.57. The fourth-order valence-corrected chi connectivity index (χ4v) is 1.55. The van der Waals surface area contributed by atoms with Crippen molar-refractivity contribution in [3.05, 3.63) is 28.8 Å². The molecule has 0 fully saturated rings. The maximum absolute atomic E-state index is 11.0. The lowest BCUT2D eigenvalue weighted by Gasteiger charge is -2.14. The maximum atomic E-state index is 11.0. The Kier molecular flexibility index (Phi) is 4.17. The summed E-state index contributed by atoms with van der Waals surface area (Å²) in [6.07, 6.45) is -1.32. The van der Waals surface area contributed by atoms with Crippen molar-refractivity contribution in [3.8, 4) is 5.75 Å². The Morgan fingerprint density at radius 2 is 2.12 bits per heavy atom.